The van der Waals surface area contributed by atoms with Crippen molar-refractivity contribution < 1.29 is 4.79 Å². The van der Waals surface area contributed by atoms with E-state index in [-0.39, 0.29) is 19.0 Å². The van der Waals surface area contributed by atoms with Crippen molar-refractivity contribution in [3.05, 3.63) is 71.8 Å². The minimum absolute atomic E-state index is 0.120. The summed E-state index contributed by atoms with van der Waals surface area (Å²) in [7, 11) is 0. The van der Waals surface area contributed by atoms with Crippen LogP contribution in [0.5, 0.6) is 0 Å². The Kier molecular flexibility index (Phi) is 5.68. The first-order valence-electron chi connectivity index (χ1n) is 7.11. The second-order valence-corrected chi connectivity index (χ2v) is 4.81. The maximum Gasteiger partial charge on any atom is 0.256 e. The van der Waals surface area contributed by atoms with Crippen LogP contribution < -0.4 is 0 Å². The molecule has 23 heavy (non-hydrogen) atoms. The smallest absolute Gasteiger partial charge is 0.256 e. The lowest BCUT2D eigenvalue weighted by molar-refractivity contribution is -0.123. The molecule has 0 radical (unpaired) electrons. The second kappa shape index (κ2) is 8.17. The second-order valence-electron chi connectivity index (χ2n) is 4.81. The van der Waals surface area contributed by atoms with Crippen molar-refractivity contribution in [1.82, 2.24) is 4.90 Å². The highest BCUT2D eigenvalue weighted by Gasteiger charge is 2.19. The zero-order valence-corrected chi connectivity index (χ0v) is 12.5. The monoisotopic (exact) mass is 301 g/mol. The minimum atomic E-state index is -0.330. The number of amides is 1. The Morgan fingerprint density at radius 3 is 1.96 bits per heavy atom. The van der Waals surface area contributed by atoms with Gasteiger partial charge in [-0.2, -0.15) is 10.5 Å². The van der Waals surface area contributed by atoms with Crippen LogP contribution in [0, 0.1) is 22.7 Å². The summed E-state index contributed by atoms with van der Waals surface area (Å²) in [5.41, 5.74) is 2.10. The highest BCUT2D eigenvalue weighted by Crippen LogP contribution is 2.20. The van der Waals surface area contributed by atoms with Gasteiger partial charge in [-0.05, 0) is 17.2 Å². The average molecular weight is 301 g/mol. The molecule has 0 saturated heterocycles. The lowest BCUT2D eigenvalue weighted by Crippen LogP contribution is -2.32. The molecule has 2 rings (SSSR count). The van der Waals surface area contributed by atoms with Crippen molar-refractivity contribution in [2.45, 2.75) is 0 Å². The third-order valence-corrected chi connectivity index (χ3v) is 3.24. The van der Waals surface area contributed by atoms with Gasteiger partial charge >= 0.3 is 0 Å². The largest absolute Gasteiger partial charge is 0.312 e. The lowest BCUT2D eigenvalue weighted by atomic mass is 10.0. The van der Waals surface area contributed by atoms with Gasteiger partial charge in [0.25, 0.3) is 5.91 Å². The average Bonchev–Trinajstić information content (AvgIpc) is 2.60. The Labute approximate surface area is 135 Å². The van der Waals surface area contributed by atoms with Crippen molar-refractivity contribution in [2.75, 3.05) is 13.1 Å². The van der Waals surface area contributed by atoms with E-state index in [1.165, 1.54) is 4.90 Å². The first kappa shape index (κ1) is 16.0. The molecule has 4 nitrogen and oxygen atoms in total. The normalized spacial score (nSPS) is 10.4. The summed E-state index contributed by atoms with van der Waals surface area (Å²) in [5.74, 6) is -0.330. The molecule has 0 aliphatic carbocycles. The predicted molar refractivity (Wildman–Crippen MR) is 88.6 cm³/mol. The van der Waals surface area contributed by atoms with Gasteiger partial charge in [-0.1, -0.05) is 60.7 Å². The van der Waals surface area contributed by atoms with E-state index in [0.29, 0.717) is 5.57 Å². The first-order valence-corrected chi connectivity index (χ1v) is 7.11. The van der Waals surface area contributed by atoms with Gasteiger partial charge in [-0.15, -0.1) is 0 Å². The van der Waals surface area contributed by atoms with Crippen LogP contribution in [-0.2, 0) is 4.79 Å². The van der Waals surface area contributed by atoms with Crippen molar-refractivity contribution >= 4 is 17.6 Å². The zero-order chi connectivity index (χ0) is 16.5. The summed E-state index contributed by atoms with van der Waals surface area (Å²) in [4.78, 5) is 14.0. The van der Waals surface area contributed by atoms with Crippen LogP contribution in [0.4, 0.5) is 0 Å². The SMILES string of the molecule is N#CCN(CC#N)C(=O)/C(=C\c1ccccc1)c1ccccc1. The highest BCUT2D eigenvalue weighted by atomic mass is 16.2. The molecule has 0 fully saturated rings. The summed E-state index contributed by atoms with van der Waals surface area (Å²) in [6, 6.07) is 22.6. The predicted octanol–water partition coefficient (Wildman–Crippen LogP) is 3.10. The third-order valence-electron chi connectivity index (χ3n) is 3.24. The molecule has 0 unspecified atom stereocenters. The van der Waals surface area contributed by atoms with Gasteiger partial charge in [0.1, 0.15) is 13.1 Å². The standard InChI is InChI=1S/C19H15N3O/c20-11-13-22(14-12-21)19(23)18(17-9-5-2-6-10-17)15-16-7-3-1-4-8-16/h1-10,15H,13-14H2/b18-15-. The molecule has 2 aromatic rings. The number of nitriles is 2. The summed E-state index contributed by atoms with van der Waals surface area (Å²) in [6.07, 6.45) is 1.78. The molecule has 0 atom stereocenters. The Morgan fingerprint density at radius 2 is 1.43 bits per heavy atom. The molecular formula is C19H15N3O. The van der Waals surface area contributed by atoms with Gasteiger partial charge in [0.2, 0.25) is 0 Å². The highest BCUT2D eigenvalue weighted by molar-refractivity contribution is 6.24. The molecule has 0 aliphatic heterocycles. The van der Waals surface area contributed by atoms with Gasteiger partial charge in [0, 0.05) is 5.57 Å². The van der Waals surface area contributed by atoms with Crippen LogP contribution in [0.2, 0.25) is 0 Å². The quantitative estimate of drug-likeness (QED) is 0.484. The fraction of sp³-hybridized carbons (Fsp3) is 0.105. The molecule has 112 valence electrons. The van der Waals surface area contributed by atoms with E-state index >= 15 is 0 Å². The summed E-state index contributed by atoms with van der Waals surface area (Å²) < 4.78 is 0. The minimum Gasteiger partial charge on any atom is -0.312 e. The molecule has 0 bridgehead atoms. The van der Waals surface area contributed by atoms with Gasteiger partial charge in [-0.25, -0.2) is 0 Å². The van der Waals surface area contributed by atoms with E-state index in [0.717, 1.165) is 11.1 Å². The number of nitrogens with zero attached hydrogens (tertiary/aromatic N) is 3. The van der Waals surface area contributed by atoms with Crippen LogP contribution in [0.1, 0.15) is 11.1 Å². The fourth-order valence-electron chi connectivity index (χ4n) is 2.14. The number of benzene rings is 2. The lowest BCUT2D eigenvalue weighted by Gasteiger charge is -2.18. The Bertz CT molecular complexity index is 752. The zero-order valence-electron chi connectivity index (χ0n) is 12.5. The molecule has 0 spiro atoms. The van der Waals surface area contributed by atoms with E-state index in [9.17, 15) is 4.79 Å². The number of rotatable bonds is 5. The number of carbonyl (C=O) groups excluding carboxylic acids is 1. The summed E-state index contributed by atoms with van der Waals surface area (Å²) in [5, 5.41) is 17.8. The Morgan fingerprint density at radius 1 is 0.913 bits per heavy atom. The van der Waals surface area contributed by atoms with Gasteiger partial charge < -0.3 is 4.90 Å². The number of hydrogen-bond acceptors (Lipinski definition) is 3. The molecule has 2 aromatic carbocycles. The van der Waals surface area contributed by atoms with Crippen molar-refractivity contribution in [3.8, 4) is 12.1 Å². The van der Waals surface area contributed by atoms with Crippen LogP contribution in [0.15, 0.2) is 60.7 Å². The molecule has 1 amide bonds. The maximum absolute atomic E-state index is 12.8. The molecule has 0 aromatic heterocycles. The van der Waals surface area contributed by atoms with Crippen LogP contribution in [0.3, 0.4) is 0 Å². The van der Waals surface area contributed by atoms with Crippen LogP contribution in [-0.4, -0.2) is 23.9 Å². The number of carbonyl (C=O) groups is 1. The molecule has 4 heteroatoms. The van der Waals surface area contributed by atoms with Gasteiger partial charge in [-0.3, -0.25) is 4.79 Å². The molecule has 0 N–H and O–H groups in total. The summed E-state index contributed by atoms with van der Waals surface area (Å²) in [6.45, 7) is -0.239. The topological polar surface area (TPSA) is 67.9 Å². The van der Waals surface area contributed by atoms with E-state index in [1.807, 2.05) is 72.8 Å². The maximum atomic E-state index is 12.8. The Hall–Kier alpha value is -3.37. The van der Waals surface area contributed by atoms with E-state index in [1.54, 1.807) is 6.08 Å². The molecular weight excluding hydrogens is 286 g/mol. The van der Waals surface area contributed by atoms with E-state index in [2.05, 4.69) is 0 Å². The van der Waals surface area contributed by atoms with Crippen molar-refractivity contribution in [3.63, 3.8) is 0 Å². The van der Waals surface area contributed by atoms with Crippen molar-refractivity contribution in [1.29, 1.82) is 10.5 Å². The molecule has 0 saturated carbocycles. The van der Waals surface area contributed by atoms with Crippen LogP contribution >= 0.6 is 0 Å². The fourth-order valence-corrected chi connectivity index (χ4v) is 2.14. The van der Waals surface area contributed by atoms with Crippen LogP contribution in [0.25, 0.3) is 11.6 Å². The van der Waals surface area contributed by atoms with Crippen molar-refractivity contribution in [2.24, 2.45) is 0 Å². The molecule has 0 heterocycles. The van der Waals surface area contributed by atoms with Gasteiger partial charge in [0.05, 0.1) is 12.1 Å². The van der Waals surface area contributed by atoms with Gasteiger partial charge in [0.15, 0.2) is 0 Å². The van der Waals surface area contributed by atoms with E-state index < -0.39 is 0 Å². The number of hydrogen-bond donors (Lipinski definition) is 0. The Balaban J connectivity index is 2.46. The third kappa shape index (κ3) is 4.30. The van der Waals surface area contributed by atoms with E-state index in [4.69, 9.17) is 10.5 Å². The molecule has 0 aliphatic rings. The first-order chi connectivity index (χ1) is 11.3. The summed E-state index contributed by atoms with van der Waals surface area (Å²) >= 11 is 0.